The fraction of sp³-hybridized carbons (Fsp3) is 0.500. The van der Waals surface area contributed by atoms with Crippen LogP contribution in [0.15, 0.2) is 24.3 Å². The van der Waals surface area contributed by atoms with E-state index >= 15 is 0 Å². The number of likely N-dealkylation sites (tertiary alicyclic amines) is 1. The van der Waals surface area contributed by atoms with Crippen LogP contribution in [0, 0.1) is 0 Å². The molecule has 0 saturated carbocycles. The molecule has 1 aromatic carbocycles. The van der Waals surface area contributed by atoms with Gasteiger partial charge < -0.3 is 15.3 Å². The average molecular weight is 248 g/mol. The first-order chi connectivity index (χ1) is 8.70. The minimum atomic E-state index is -0.100. The number of carbonyl (C=O) groups is 1. The molecule has 18 heavy (non-hydrogen) atoms. The van der Waals surface area contributed by atoms with E-state index in [0.29, 0.717) is 11.1 Å². The van der Waals surface area contributed by atoms with E-state index < -0.39 is 0 Å². The van der Waals surface area contributed by atoms with E-state index in [2.05, 4.69) is 17.3 Å². The standard InChI is InChI=1S/C14H20N2O2/c1-16-8-6-12(7-9-16)15-14(18)13-5-3-2-4-11(13)10-17/h2-5,12,17H,6-10H2,1H3,(H,15,18). The van der Waals surface area contributed by atoms with Crippen molar-refractivity contribution in [1.82, 2.24) is 10.2 Å². The quantitative estimate of drug-likeness (QED) is 0.839. The summed E-state index contributed by atoms with van der Waals surface area (Å²) in [7, 11) is 2.10. The van der Waals surface area contributed by atoms with Crippen molar-refractivity contribution >= 4 is 5.91 Å². The van der Waals surface area contributed by atoms with Crippen LogP contribution in [-0.2, 0) is 6.61 Å². The monoisotopic (exact) mass is 248 g/mol. The second-order valence-electron chi connectivity index (χ2n) is 4.87. The maximum absolute atomic E-state index is 12.1. The van der Waals surface area contributed by atoms with E-state index in [1.54, 1.807) is 12.1 Å². The Balaban J connectivity index is 1.99. The van der Waals surface area contributed by atoms with Gasteiger partial charge in [-0.2, -0.15) is 0 Å². The van der Waals surface area contributed by atoms with E-state index in [0.717, 1.165) is 25.9 Å². The highest BCUT2D eigenvalue weighted by Gasteiger charge is 2.19. The molecule has 1 aliphatic heterocycles. The number of benzene rings is 1. The molecule has 4 nitrogen and oxygen atoms in total. The molecule has 0 atom stereocenters. The Labute approximate surface area is 108 Å². The summed E-state index contributed by atoms with van der Waals surface area (Å²) in [6.45, 7) is 1.94. The van der Waals surface area contributed by atoms with Crippen molar-refractivity contribution in [2.45, 2.75) is 25.5 Å². The van der Waals surface area contributed by atoms with E-state index in [4.69, 9.17) is 0 Å². The lowest BCUT2D eigenvalue weighted by Crippen LogP contribution is -2.43. The largest absolute Gasteiger partial charge is 0.392 e. The minimum Gasteiger partial charge on any atom is -0.392 e. The summed E-state index contributed by atoms with van der Waals surface area (Å²) in [4.78, 5) is 14.4. The topological polar surface area (TPSA) is 52.6 Å². The van der Waals surface area contributed by atoms with Crippen molar-refractivity contribution in [3.63, 3.8) is 0 Å². The Kier molecular flexibility index (Phi) is 4.33. The Bertz CT molecular complexity index is 412. The van der Waals surface area contributed by atoms with Gasteiger partial charge in [-0.3, -0.25) is 4.79 Å². The molecule has 0 radical (unpaired) electrons. The van der Waals surface area contributed by atoms with Gasteiger partial charge in [0.1, 0.15) is 0 Å². The van der Waals surface area contributed by atoms with Crippen LogP contribution in [0.4, 0.5) is 0 Å². The van der Waals surface area contributed by atoms with E-state index in [-0.39, 0.29) is 18.6 Å². The molecule has 0 aliphatic carbocycles. The number of rotatable bonds is 3. The lowest BCUT2D eigenvalue weighted by molar-refractivity contribution is 0.0914. The van der Waals surface area contributed by atoms with Gasteiger partial charge in [-0.05, 0) is 44.6 Å². The molecule has 1 aromatic rings. The molecular weight excluding hydrogens is 228 g/mol. The van der Waals surface area contributed by atoms with Gasteiger partial charge in [0.05, 0.1) is 6.61 Å². The normalized spacial score (nSPS) is 17.7. The number of aliphatic hydroxyl groups is 1. The van der Waals surface area contributed by atoms with Crippen LogP contribution in [0.25, 0.3) is 0 Å². The van der Waals surface area contributed by atoms with Crippen LogP contribution in [0.2, 0.25) is 0 Å². The lowest BCUT2D eigenvalue weighted by Gasteiger charge is -2.29. The van der Waals surface area contributed by atoms with Crippen LogP contribution in [0.5, 0.6) is 0 Å². The molecule has 1 saturated heterocycles. The van der Waals surface area contributed by atoms with Gasteiger partial charge in [0.2, 0.25) is 0 Å². The highest BCUT2D eigenvalue weighted by molar-refractivity contribution is 5.95. The number of nitrogens with one attached hydrogen (secondary N) is 1. The van der Waals surface area contributed by atoms with Gasteiger partial charge in [-0.1, -0.05) is 18.2 Å². The average Bonchev–Trinajstić information content (AvgIpc) is 2.41. The summed E-state index contributed by atoms with van der Waals surface area (Å²) in [6, 6.07) is 7.44. The zero-order chi connectivity index (χ0) is 13.0. The number of hydrogen-bond acceptors (Lipinski definition) is 3. The second-order valence-corrected chi connectivity index (χ2v) is 4.87. The van der Waals surface area contributed by atoms with Crippen molar-refractivity contribution in [2.75, 3.05) is 20.1 Å². The van der Waals surface area contributed by atoms with Crippen LogP contribution in [-0.4, -0.2) is 42.1 Å². The van der Waals surface area contributed by atoms with E-state index in [1.165, 1.54) is 0 Å². The molecule has 1 aliphatic rings. The minimum absolute atomic E-state index is 0.0748. The first-order valence-corrected chi connectivity index (χ1v) is 6.39. The second kappa shape index (κ2) is 5.98. The van der Waals surface area contributed by atoms with Gasteiger partial charge in [-0.15, -0.1) is 0 Å². The van der Waals surface area contributed by atoms with Gasteiger partial charge in [-0.25, -0.2) is 0 Å². The van der Waals surface area contributed by atoms with Gasteiger partial charge in [0, 0.05) is 11.6 Å². The summed E-state index contributed by atoms with van der Waals surface area (Å²) in [6.07, 6.45) is 1.98. The Morgan fingerprint density at radius 2 is 2.06 bits per heavy atom. The number of amides is 1. The van der Waals surface area contributed by atoms with Crippen molar-refractivity contribution in [3.8, 4) is 0 Å². The summed E-state index contributed by atoms with van der Waals surface area (Å²) < 4.78 is 0. The Morgan fingerprint density at radius 1 is 1.39 bits per heavy atom. The number of hydrogen-bond donors (Lipinski definition) is 2. The summed E-state index contributed by atoms with van der Waals surface area (Å²) in [5.41, 5.74) is 1.27. The maximum atomic E-state index is 12.1. The van der Waals surface area contributed by atoms with Gasteiger partial charge in [0.15, 0.2) is 0 Å². The highest BCUT2D eigenvalue weighted by Crippen LogP contribution is 2.12. The summed E-state index contributed by atoms with van der Waals surface area (Å²) >= 11 is 0. The van der Waals surface area contributed by atoms with Crippen LogP contribution < -0.4 is 5.32 Å². The van der Waals surface area contributed by atoms with E-state index in [9.17, 15) is 9.90 Å². The zero-order valence-electron chi connectivity index (χ0n) is 10.7. The predicted octanol–water partition coefficient (Wildman–Crippen LogP) is 1.00. The molecule has 1 heterocycles. The molecule has 1 fully saturated rings. The third-order valence-corrected chi connectivity index (χ3v) is 3.49. The molecule has 0 bridgehead atoms. The molecule has 98 valence electrons. The summed E-state index contributed by atoms with van der Waals surface area (Å²) in [5.74, 6) is -0.0748. The smallest absolute Gasteiger partial charge is 0.251 e. The van der Waals surface area contributed by atoms with Gasteiger partial charge in [0.25, 0.3) is 5.91 Å². The van der Waals surface area contributed by atoms with Gasteiger partial charge >= 0.3 is 0 Å². The molecule has 0 spiro atoms. The molecular formula is C14H20N2O2. The lowest BCUT2D eigenvalue weighted by atomic mass is 10.0. The van der Waals surface area contributed by atoms with Crippen molar-refractivity contribution < 1.29 is 9.90 Å². The molecule has 2 N–H and O–H groups in total. The fourth-order valence-electron chi connectivity index (χ4n) is 2.30. The zero-order valence-corrected chi connectivity index (χ0v) is 10.7. The number of nitrogens with zero attached hydrogens (tertiary/aromatic N) is 1. The van der Waals surface area contributed by atoms with Crippen LogP contribution in [0.3, 0.4) is 0 Å². The number of carbonyl (C=O) groups excluding carboxylic acids is 1. The Morgan fingerprint density at radius 3 is 2.72 bits per heavy atom. The first-order valence-electron chi connectivity index (χ1n) is 6.39. The predicted molar refractivity (Wildman–Crippen MR) is 70.4 cm³/mol. The highest BCUT2D eigenvalue weighted by atomic mass is 16.3. The third-order valence-electron chi connectivity index (χ3n) is 3.49. The fourth-order valence-corrected chi connectivity index (χ4v) is 2.30. The van der Waals surface area contributed by atoms with Crippen LogP contribution >= 0.6 is 0 Å². The maximum Gasteiger partial charge on any atom is 0.251 e. The van der Waals surface area contributed by atoms with Crippen molar-refractivity contribution in [2.24, 2.45) is 0 Å². The van der Waals surface area contributed by atoms with Crippen molar-refractivity contribution in [1.29, 1.82) is 0 Å². The molecule has 2 rings (SSSR count). The van der Waals surface area contributed by atoms with Crippen molar-refractivity contribution in [3.05, 3.63) is 35.4 Å². The molecule has 1 amide bonds. The molecule has 0 aromatic heterocycles. The molecule has 0 unspecified atom stereocenters. The number of piperidine rings is 1. The SMILES string of the molecule is CN1CCC(NC(=O)c2ccccc2CO)CC1. The number of aliphatic hydroxyl groups excluding tert-OH is 1. The first kappa shape index (κ1) is 13.1. The third kappa shape index (κ3) is 3.09. The van der Waals surface area contributed by atoms with E-state index in [1.807, 2.05) is 12.1 Å². The Hall–Kier alpha value is -1.39. The molecule has 4 heteroatoms. The summed E-state index contributed by atoms with van der Waals surface area (Å²) in [5, 5.41) is 12.3. The van der Waals surface area contributed by atoms with Crippen LogP contribution in [0.1, 0.15) is 28.8 Å².